The molecule has 2 aromatic carbocycles. The van der Waals surface area contributed by atoms with Crippen molar-refractivity contribution in [1.29, 1.82) is 0 Å². The quantitative estimate of drug-likeness (QED) is 0.597. The topological polar surface area (TPSA) is 35.5 Å². The number of benzene rings is 2. The number of para-hydroxylation sites is 2. The van der Waals surface area contributed by atoms with Crippen LogP contribution in [-0.4, -0.2) is 19.0 Å². The highest BCUT2D eigenvalue weighted by Crippen LogP contribution is 2.19. The van der Waals surface area contributed by atoms with Gasteiger partial charge in [-0.2, -0.15) is 0 Å². The fourth-order valence-electron chi connectivity index (χ4n) is 1.75. The first kappa shape index (κ1) is 14.1. The molecule has 0 unspecified atom stereocenters. The predicted molar refractivity (Wildman–Crippen MR) is 73.8 cm³/mol. The van der Waals surface area contributed by atoms with E-state index in [9.17, 15) is 9.18 Å². The lowest BCUT2D eigenvalue weighted by atomic mass is 10.1. The lowest BCUT2D eigenvalue weighted by molar-refractivity contribution is 0.101. The van der Waals surface area contributed by atoms with E-state index in [1.54, 1.807) is 42.5 Å². The summed E-state index contributed by atoms with van der Waals surface area (Å²) in [5, 5.41) is 0. The third kappa shape index (κ3) is 3.57. The van der Waals surface area contributed by atoms with Crippen molar-refractivity contribution in [1.82, 2.24) is 0 Å². The summed E-state index contributed by atoms with van der Waals surface area (Å²) in [6, 6.07) is 13.2. The van der Waals surface area contributed by atoms with Crippen molar-refractivity contribution < 1.29 is 18.7 Å². The summed E-state index contributed by atoms with van der Waals surface area (Å²) < 4.78 is 24.1. The summed E-state index contributed by atoms with van der Waals surface area (Å²) in [6.07, 6.45) is 0. The Bertz CT molecular complexity index is 596. The van der Waals surface area contributed by atoms with Gasteiger partial charge >= 0.3 is 0 Å². The van der Waals surface area contributed by atoms with E-state index in [4.69, 9.17) is 9.47 Å². The average Bonchev–Trinajstić information content (AvgIpc) is 2.45. The summed E-state index contributed by atoms with van der Waals surface area (Å²) in [4.78, 5) is 11.4. The standard InChI is InChI=1S/C16H15FO3/c1-12(18)13-6-2-4-8-15(13)19-10-11-20-16-9-5-3-7-14(16)17/h2-9H,10-11H2,1H3. The van der Waals surface area contributed by atoms with Gasteiger partial charge < -0.3 is 9.47 Å². The summed E-state index contributed by atoms with van der Waals surface area (Å²) in [7, 11) is 0. The van der Waals surface area contributed by atoms with Gasteiger partial charge in [-0.3, -0.25) is 4.79 Å². The van der Waals surface area contributed by atoms with Crippen molar-refractivity contribution in [3.8, 4) is 11.5 Å². The summed E-state index contributed by atoms with van der Waals surface area (Å²) >= 11 is 0. The van der Waals surface area contributed by atoms with Crippen LogP contribution in [0.15, 0.2) is 48.5 Å². The van der Waals surface area contributed by atoms with Crippen LogP contribution >= 0.6 is 0 Å². The van der Waals surface area contributed by atoms with Gasteiger partial charge in [0.05, 0.1) is 5.56 Å². The molecule has 4 heteroatoms. The number of carbonyl (C=O) groups is 1. The van der Waals surface area contributed by atoms with E-state index in [-0.39, 0.29) is 24.7 Å². The van der Waals surface area contributed by atoms with Crippen LogP contribution in [-0.2, 0) is 0 Å². The molecule has 0 amide bonds. The highest BCUT2D eigenvalue weighted by Gasteiger charge is 2.07. The molecule has 0 aliphatic heterocycles. The Kier molecular flexibility index (Phi) is 4.71. The molecule has 0 saturated carbocycles. The van der Waals surface area contributed by atoms with Crippen LogP contribution in [0, 0.1) is 5.82 Å². The highest BCUT2D eigenvalue weighted by molar-refractivity contribution is 5.96. The average molecular weight is 274 g/mol. The number of ether oxygens (including phenoxy) is 2. The van der Waals surface area contributed by atoms with E-state index in [1.165, 1.54) is 13.0 Å². The van der Waals surface area contributed by atoms with E-state index in [2.05, 4.69) is 0 Å². The monoisotopic (exact) mass is 274 g/mol. The molecular formula is C16H15FO3. The van der Waals surface area contributed by atoms with E-state index in [0.29, 0.717) is 11.3 Å². The van der Waals surface area contributed by atoms with Gasteiger partial charge in [0.1, 0.15) is 19.0 Å². The zero-order valence-corrected chi connectivity index (χ0v) is 11.1. The molecule has 0 radical (unpaired) electrons. The number of ketones is 1. The third-order valence-electron chi connectivity index (χ3n) is 2.70. The van der Waals surface area contributed by atoms with E-state index >= 15 is 0 Å². The Hall–Kier alpha value is -2.36. The Morgan fingerprint density at radius 1 is 0.950 bits per heavy atom. The Labute approximate surface area is 117 Å². The fourth-order valence-corrected chi connectivity index (χ4v) is 1.75. The van der Waals surface area contributed by atoms with Crippen LogP contribution in [0.5, 0.6) is 11.5 Å². The van der Waals surface area contributed by atoms with Crippen molar-refractivity contribution in [2.45, 2.75) is 6.92 Å². The molecule has 2 rings (SSSR count). The second-order valence-corrected chi connectivity index (χ2v) is 4.18. The largest absolute Gasteiger partial charge is 0.489 e. The lowest BCUT2D eigenvalue weighted by Gasteiger charge is -2.11. The number of rotatable bonds is 6. The van der Waals surface area contributed by atoms with Crippen molar-refractivity contribution in [3.05, 3.63) is 59.9 Å². The summed E-state index contributed by atoms with van der Waals surface area (Å²) in [6.45, 7) is 1.92. The molecule has 0 fully saturated rings. The molecule has 0 bridgehead atoms. The van der Waals surface area contributed by atoms with Crippen LogP contribution in [0.25, 0.3) is 0 Å². The SMILES string of the molecule is CC(=O)c1ccccc1OCCOc1ccccc1F. The molecule has 3 nitrogen and oxygen atoms in total. The first-order valence-corrected chi connectivity index (χ1v) is 6.28. The van der Waals surface area contributed by atoms with Gasteiger partial charge in [0.2, 0.25) is 0 Å². The normalized spacial score (nSPS) is 10.1. The molecule has 0 saturated heterocycles. The first-order valence-electron chi connectivity index (χ1n) is 6.28. The molecule has 0 aliphatic carbocycles. The van der Waals surface area contributed by atoms with Crippen molar-refractivity contribution >= 4 is 5.78 Å². The maximum Gasteiger partial charge on any atom is 0.165 e. The third-order valence-corrected chi connectivity index (χ3v) is 2.70. The fraction of sp³-hybridized carbons (Fsp3) is 0.188. The number of hydrogen-bond acceptors (Lipinski definition) is 3. The molecule has 0 atom stereocenters. The molecule has 0 heterocycles. The minimum absolute atomic E-state index is 0.0596. The molecule has 0 spiro atoms. The van der Waals surface area contributed by atoms with Crippen LogP contribution in [0.1, 0.15) is 17.3 Å². The van der Waals surface area contributed by atoms with Gasteiger partial charge in [-0.25, -0.2) is 4.39 Å². The molecule has 2 aromatic rings. The van der Waals surface area contributed by atoms with Gasteiger partial charge in [0.25, 0.3) is 0 Å². The zero-order valence-electron chi connectivity index (χ0n) is 11.1. The van der Waals surface area contributed by atoms with Crippen LogP contribution in [0.3, 0.4) is 0 Å². The molecule has 0 aromatic heterocycles. The molecular weight excluding hydrogens is 259 g/mol. The number of Topliss-reactive ketones (excluding diaryl/α,β-unsaturated/α-hetero) is 1. The number of halogens is 1. The second kappa shape index (κ2) is 6.70. The molecule has 104 valence electrons. The highest BCUT2D eigenvalue weighted by atomic mass is 19.1. The van der Waals surface area contributed by atoms with Crippen molar-refractivity contribution in [2.75, 3.05) is 13.2 Å². The maximum atomic E-state index is 13.3. The number of carbonyl (C=O) groups excluding carboxylic acids is 1. The van der Waals surface area contributed by atoms with Gasteiger partial charge in [0.15, 0.2) is 17.3 Å². The Balaban J connectivity index is 1.88. The molecule has 20 heavy (non-hydrogen) atoms. The predicted octanol–water partition coefficient (Wildman–Crippen LogP) is 3.49. The van der Waals surface area contributed by atoms with Gasteiger partial charge in [-0.15, -0.1) is 0 Å². The van der Waals surface area contributed by atoms with Gasteiger partial charge in [-0.1, -0.05) is 24.3 Å². The van der Waals surface area contributed by atoms with Gasteiger partial charge in [-0.05, 0) is 31.2 Å². The molecule has 0 aliphatic rings. The van der Waals surface area contributed by atoms with Crippen molar-refractivity contribution in [2.24, 2.45) is 0 Å². The minimum Gasteiger partial charge on any atom is -0.489 e. The van der Waals surface area contributed by atoms with Crippen LogP contribution < -0.4 is 9.47 Å². The molecule has 0 N–H and O–H groups in total. The summed E-state index contributed by atoms with van der Waals surface area (Å²) in [5.74, 6) is 0.236. The summed E-state index contributed by atoms with van der Waals surface area (Å²) in [5.41, 5.74) is 0.526. The first-order chi connectivity index (χ1) is 9.68. The number of hydrogen-bond donors (Lipinski definition) is 0. The van der Waals surface area contributed by atoms with E-state index < -0.39 is 5.82 Å². The van der Waals surface area contributed by atoms with E-state index in [1.807, 2.05) is 0 Å². The van der Waals surface area contributed by atoms with Gasteiger partial charge in [0, 0.05) is 0 Å². The second-order valence-electron chi connectivity index (χ2n) is 4.18. The smallest absolute Gasteiger partial charge is 0.165 e. The Morgan fingerprint density at radius 3 is 2.15 bits per heavy atom. The van der Waals surface area contributed by atoms with Crippen molar-refractivity contribution in [3.63, 3.8) is 0 Å². The maximum absolute atomic E-state index is 13.3. The zero-order chi connectivity index (χ0) is 14.4. The Morgan fingerprint density at radius 2 is 1.50 bits per heavy atom. The van der Waals surface area contributed by atoms with E-state index in [0.717, 1.165) is 0 Å². The van der Waals surface area contributed by atoms with Crippen LogP contribution in [0.2, 0.25) is 0 Å². The lowest BCUT2D eigenvalue weighted by Crippen LogP contribution is -2.11. The minimum atomic E-state index is -0.406. The van der Waals surface area contributed by atoms with Crippen LogP contribution in [0.4, 0.5) is 4.39 Å².